The van der Waals surface area contributed by atoms with Gasteiger partial charge in [-0.2, -0.15) is 0 Å². The zero-order valence-electron chi connectivity index (χ0n) is 12.8. The van der Waals surface area contributed by atoms with Crippen LogP contribution in [0.15, 0.2) is 48.5 Å². The molecule has 1 N–H and O–H groups in total. The Morgan fingerprint density at radius 3 is 2.30 bits per heavy atom. The van der Waals surface area contributed by atoms with Crippen molar-refractivity contribution in [3.8, 4) is 5.75 Å². The van der Waals surface area contributed by atoms with Gasteiger partial charge >= 0.3 is 0 Å². The molecule has 0 atom stereocenters. The molecule has 2 aromatic carbocycles. The van der Waals surface area contributed by atoms with Crippen molar-refractivity contribution in [3.05, 3.63) is 65.5 Å². The van der Waals surface area contributed by atoms with Gasteiger partial charge in [-0.3, -0.25) is 9.59 Å². The number of nitrogens with one attached hydrogen (secondary N) is 1. The van der Waals surface area contributed by atoms with Crippen LogP contribution in [-0.4, -0.2) is 25.3 Å². The highest BCUT2D eigenvalue weighted by atomic mass is 19.1. The van der Waals surface area contributed by atoms with Gasteiger partial charge in [0.2, 0.25) is 5.91 Å². The van der Waals surface area contributed by atoms with E-state index in [4.69, 9.17) is 4.74 Å². The van der Waals surface area contributed by atoms with Crippen LogP contribution in [0.3, 0.4) is 0 Å². The Labute approximate surface area is 134 Å². The number of rotatable bonds is 7. The highest BCUT2D eigenvalue weighted by Crippen LogP contribution is 2.12. The first-order valence-corrected chi connectivity index (χ1v) is 7.27. The smallest absolute Gasteiger partial charge is 0.220 e. The molecule has 23 heavy (non-hydrogen) atoms. The largest absolute Gasteiger partial charge is 0.497 e. The summed E-state index contributed by atoms with van der Waals surface area (Å²) in [4.78, 5) is 23.6. The third-order valence-electron chi connectivity index (χ3n) is 3.41. The summed E-state index contributed by atoms with van der Waals surface area (Å²) in [5.74, 6) is -0.0766. The second kappa shape index (κ2) is 8.08. The summed E-state index contributed by atoms with van der Waals surface area (Å²) in [5.41, 5.74) is 1.40. The lowest BCUT2D eigenvalue weighted by Gasteiger charge is -2.06. The highest BCUT2D eigenvalue weighted by molar-refractivity contribution is 5.99. The van der Waals surface area contributed by atoms with Crippen molar-refractivity contribution < 1.29 is 18.7 Å². The molecule has 0 saturated carbocycles. The first-order valence-electron chi connectivity index (χ1n) is 7.27. The molecule has 0 heterocycles. The van der Waals surface area contributed by atoms with Crippen molar-refractivity contribution in [1.82, 2.24) is 5.32 Å². The van der Waals surface area contributed by atoms with Gasteiger partial charge in [-0.05, 0) is 48.4 Å². The Kier molecular flexibility index (Phi) is 5.86. The molecule has 0 radical (unpaired) electrons. The monoisotopic (exact) mass is 315 g/mol. The summed E-state index contributed by atoms with van der Waals surface area (Å²) >= 11 is 0. The van der Waals surface area contributed by atoms with Crippen LogP contribution < -0.4 is 10.1 Å². The van der Waals surface area contributed by atoms with Crippen molar-refractivity contribution in [3.63, 3.8) is 0 Å². The minimum atomic E-state index is -0.398. The van der Waals surface area contributed by atoms with E-state index in [-0.39, 0.29) is 18.2 Å². The Bertz CT molecular complexity index is 666. The van der Waals surface area contributed by atoms with Crippen molar-refractivity contribution in [2.24, 2.45) is 0 Å². The molecule has 0 aromatic heterocycles. The lowest BCUT2D eigenvalue weighted by Crippen LogP contribution is -2.29. The average Bonchev–Trinajstić information content (AvgIpc) is 2.59. The lowest BCUT2D eigenvalue weighted by atomic mass is 10.1. The Morgan fingerprint density at radius 2 is 1.70 bits per heavy atom. The number of Topliss-reactive ketones (excluding diaryl/α,β-unsaturated/α-hetero) is 1. The second-order valence-corrected chi connectivity index (χ2v) is 5.05. The minimum Gasteiger partial charge on any atom is -0.497 e. The number of ketones is 1. The highest BCUT2D eigenvalue weighted by Gasteiger charge is 2.08. The van der Waals surface area contributed by atoms with Crippen LogP contribution in [0.2, 0.25) is 0 Å². The van der Waals surface area contributed by atoms with Crippen molar-refractivity contribution >= 4 is 11.7 Å². The molecule has 5 heteroatoms. The molecule has 0 aliphatic rings. The molecule has 120 valence electrons. The Morgan fingerprint density at radius 1 is 1.04 bits per heavy atom. The number of hydrogen-bond donors (Lipinski definition) is 1. The summed E-state index contributed by atoms with van der Waals surface area (Å²) in [5, 5.41) is 2.58. The zero-order valence-corrected chi connectivity index (χ0v) is 12.8. The number of aryl methyl sites for hydroxylation is 1. The molecule has 0 unspecified atom stereocenters. The molecule has 0 spiro atoms. The zero-order chi connectivity index (χ0) is 16.7. The molecule has 0 aliphatic heterocycles. The average molecular weight is 315 g/mol. The van der Waals surface area contributed by atoms with E-state index < -0.39 is 5.82 Å². The normalized spacial score (nSPS) is 10.2. The van der Waals surface area contributed by atoms with Crippen LogP contribution in [0.4, 0.5) is 4.39 Å². The lowest BCUT2D eigenvalue weighted by molar-refractivity contribution is -0.120. The SMILES string of the molecule is COc1ccc(CCC(=O)NCC(=O)c2ccc(F)cc2)cc1. The van der Waals surface area contributed by atoms with Crippen LogP contribution >= 0.6 is 0 Å². The second-order valence-electron chi connectivity index (χ2n) is 5.05. The fourth-order valence-corrected chi connectivity index (χ4v) is 2.06. The van der Waals surface area contributed by atoms with Crippen molar-refractivity contribution in [2.75, 3.05) is 13.7 Å². The molecule has 2 aromatic rings. The number of ether oxygens (including phenoxy) is 1. The van der Waals surface area contributed by atoms with E-state index in [1.807, 2.05) is 24.3 Å². The number of benzene rings is 2. The van der Waals surface area contributed by atoms with Crippen molar-refractivity contribution in [2.45, 2.75) is 12.8 Å². The number of carbonyl (C=O) groups excluding carboxylic acids is 2. The van der Waals surface area contributed by atoms with Crippen LogP contribution in [0, 0.1) is 5.82 Å². The summed E-state index contributed by atoms with van der Waals surface area (Å²) in [6, 6.07) is 12.7. The first kappa shape index (κ1) is 16.7. The van der Waals surface area contributed by atoms with Gasteiger partial charge in [-0.15, -0.1) is 0 Å². The number of methoxy groups -OCH3 is 1. The first-order chi connectivity index (χ1) is 11.1. The maximum Gasteiger partial charge on any atom is 0.220 e. The summed E-state index contributed by atoms with van der Waals surface area (Å²) in [6.07, 6.45) is 0.879. The van der Waals surface area contributed by atoms with Gasteiger partial charge in [-0.25, -0.2) is 4.39 Å². The summed E-state index contributed by atoms with van der Waals surface area (Å²) < 4.78 is 17.9. The summed E-state index contributed by atoms with van der Waals surface area (Å²) in [7, 11) is 1.60. The van der Waals surface area contributed by atoms with E-state index in [1.165, 1.54) is 24.3 Å². The third-order valence-corrected chi connectivity index (χ3v) is 3.41. The van der Waals surface area contributed by atoms with Gasteiger partial charge in [0, 0.05) is 12.0 Å². The standard InChI is InChI=1S/C18H18FNO3/c1-23-16-9-2-13(3-10-16)4-11-18(22)20-12-17(21)14-5-7-15(19)8-6-14/h2-3,5-10H,4,11-12H2,1H3,(H,20,22). The van der Waals surface area contributed by atoms with Crippen LogP contribution in [0.25, 0.3) is 0 Å². The fourth-order valence-electron chi connectivity index (χ4n) is 2.06. The van der Waals surface area contributed by atoms with Crippen molar-refractivity contribution in [1.29, 1.82) is 0 Å². The van der Waals surface area contributed by atoms with Crippen LogP contribution in [-0.2, 0) is 11.2 Å². The minimum absolute atomic E-state index is 0.0902. The fraction of sp³-hybridized carbons (Fsp3) is 0.222. The van der Waals surface area contributed by atoms with E-state index in [9.17, 15) is 14.0 Å². The Balaban J connectivity index is 1.76. The van der Waals surface area contributed by atoms with Gasteiger partial charge in [-0.1, -0.05) is 12.1 Å². The Hall–Kier alpha value is -2.69. The maximum absolute atomic E-state index is 12.8. The number of hydrogen-bond acceptors (Lipinski definition) is 3. The molecule has 0 aliphatic carbocycles. The van der Waals surface area contributed by atoms with Crippen LogP contribution in [0.1, 0.15) is 22.3 Å². The van der Waals surface area contributed by atoms with E-state index in [1.54, 1.807) is 7.11 Å². The maximum atomic E-state index is 12.8. The number of amides is 1. The topological polar surface area (TPSA) is 55.4 Å². The van der Waals surface area contributed by atoms with E-state index >= 15 is 0 Å². The molecule has 1 amide bonds. The van der Waals surface area contributed by atoms with E-state index in [0.717, 1.165) is 11.3 Å². The van der Waals surface area contributed by atoms with Crippen LogP contribution in [0.5, 0.6) is 5.75 Å². The molecule has 0 bridgehead atoms. The predicted molar refractivity (Wildman–Crippen MR) is 85.1 cm³/mol. The van der Waals surface area contributed by atoms with Gasteiger partial charge in [0.05, 0.1) is 13.7 Å². The molecule has 0 saturated heterocycles. The van der Waals surface area contributed by atoms with E-state index in [0.29, 0.717) is 18.4 Å². The molecule has 0 fully saturated rings. The molecule has 2 rings (SSSR count). The van der Waals surface area contributed by atoms with Gasteiger partial charge in [0.15, 0.2) is 5.78 Å². The van der Waals surface area contributed by atoms with Gasteiger partial charge < -0.3 is 10.1 Å². The third kappa shape index (κ3) is 5.21. The molecule has 4 nitrogen and oxygen atoms in total. The summed E-state index contributed by atoms with van der Waals surface area (Å²) in [6.45, 7) is -0.0902. The number of halogens is 1. The molecular formula is C18H18FNO3. The predicted octanol–water partition coefficient (Wildman–Crippen LogP) is 2.77. The van der Waals surface area contributed by atoms with E-state index in [2.05, 4.69) is 5.32 Å². The molecular weight excluding hydrogens is 297 g/mol. The quantitative estimate of drug-likeness (QED) is 0.799. The van der Waals surface area contributed by atoms with Gasteiger partial charge in [0.25, 0.3) is 0 Å². The van der Waals surface area contributed by atoms with Gasteiger partial charge in [0.1, 0.15) is 11.6 Å². The number of carbonyl (C=O) groups is 2.